The van der Waals surface area contributed by atoms with E-state index in [2.05, 4.69) is 25.4 Å². The number of alkyl halides is 1. The molecule has 2 aromatic carbocycles. The third-order valence-electron chi connectivity index (χ3n) is 10.0. The van der Waals surface area contributed by atoms with Crippen LogP contribution in [0.3, 0.4) is 0 Å². The molecule has 0 saturated carbocycles. The molecule has 1 unspecified atom stereocenters. The van der Waals surface area contributed by atoms with Gasteiger partial charge in [0.05, 0.1) is 35.4 Å². The number of H-pyrrole nitrogens is 1. The molecule has 4 aromatic rings. The molecule has 4 fully saturated rings. The van der Waals surface area contributed by atoms with E-state index < -0.39 is 29.2 Å². The molecule has 2 aromatic heterocycles. The van der Waals surface area contributed by atoms with Gasteiger partial charge in [0.25, 0.3) is 0 Å². The van der Waals surface area contributed by atoms with Crippen LogP contribution in [0.4, 0.5) is 19.4 Å². The summed E-state index contributed by atoms with van der Waals surface area (Å²) in [6.45, 7) is 4.71. The number of anilines is 1. The number of allylic oxidation sites excluding steroid dienone is 1. The summed E-state index contributed by atoms with van der Waals surface area (Å²) in [6, 6.07) is 5.35. The number of benzene rings is 2. The quantitative estimate of drug-likeness (QED) is 0.261. The summed E-state index contributed by atoms with van der Waals surface area (Å²) in [5, 5.41) is 11.6. The van der Waals surface area contributed by atoms with Crippen molar-refractivity contribution in [2.75, 3.05) is 44.2 Å². The number of nitrogens with one attached hydrogen (secondary N) is 2. The highest BCUT2D eigenvalue weighted by Crippen LogP contribution is 2.43. The third-order valence-corrected chi connectivity index (χ3v) is 10.4. The molecule has 3 atom stereocenters. The van der Waals surface area contributed by atoms with Gasteiger partial charge in [0.1, 0.15) is 29.7 Å². The molecule has 13 heteroatoms. The SMILES string of the molecule is C/C=C\c1c(Cl)cc2[nH]ncc2c1-c1ccc2c(N3CCCC4(CNC(=O)O4)C3)nc(OC[C@@]34CCCN3C[C@H](F)C4)nc2c1F. The molecular formula is C33H34ClF2N7O3. The zero-order valence-electron chi connectivity index (χ0n) is 25.4. The largest absolute Gasteiger partial charge is 0.461 e. The molecule has 46 heavy (non-hydrogen) atoms. The number of amides is 1. The van der Waals surface area contributed by atoms with E-state index in [0.717, 1.165) is 31.2 Å². The summed E-state index contributed by atoms with van der Waals surface area (Å²) >= 11 is 6.70. The predicted octanol–water partition coefficient (Wildman–Crippen LogP) is 6.03. The Balaban J connectivity index is 1.27. The number of alkyl carbamates (subject to hydrolysis) is 1. The summed E-state index contributed by atoms with van der Waals surface area (Å²) in [7, 11) is 0. The molecule has 4 saturated heterocycles. The number of aromatic amines is 1. The first-order valence-electron chi connectivity index (χ1n) is 15.8. The fourth-order valence-electron chi connectivity index (χ4n) is 7.97. The first kappa shape index (κ1) is 29.4. The van der Waals surface area contributed by atoms with Crippen molar-refractivity contribution in [3.8, 4) is 17.1 Å². The second-order valence-electron chi connectivity index (χ2n) is 12.9. The Kier molecular flexibility index (Phi) is 7.06. The van der Waals surface area contributed by atoms with Gasteiger partial charge >= 0.3 is 12.1 Å². The molecule has 0 aliphatic carbocycles. The van der Waals surface area contributed by atoms with E-state index in [1.807, 2.05) is 30.0 Å². The number of rotatable bonds is 6. The lowest BCUT2D eigenvalue weighted by Gasteiger charge is -2.39. The minimum atomic E-state index is -0.909. The fraction of sp³-hybridized carbons (Fsp3) is 0.455. The normalized spacial score (nSPS) is 26.5. The molecule has 4 aliphatic heterocycles. The number of piperidine rings is 1. The van der Waals surface area contributed by atoms with Crippen LogP contribution in [-0.2, 0) is 4.74 Å². The Morgan fingerprint density at radius 2 is 2.09 bits per heavy atom. The van der Waals surface area contributed by atoms with E-state index in [1.165, 1.54) is 0 Å². The van der Waals surface area contributed by atoms with Crippen LogP contribution in [-0.4, -0.2) is 87.8 Å². The van der Waals surface area contributed by atoms with Crippen molar-refractivity contribution in [1.82, 2.24) is 30.4 Å². The Morgan fingerprint density at radius 1 is 1.22 bits per heavy atom. The predicted molar refractivity (Wildman–Crippen MR) is 172 cm³/mol. The number of carbonyl (C=O) groups excluding carboxylic acids is 1. The van der Waals surface area contributed by atoms with E-state index >= 15 is 4.39 Å². The molecule has 4 aliphatic rings. The minimum Gasteiger partial charge on any atom is -0.461 e. The van der Waals surface area contributed by atoms with Crippen LogP contribution in [0.25, 0.3) is 39.0 Å². The average molecular weight is 650 g/mol. The van der Waals surface area contributed by atoms with E-state index in [-0.39, 0.29) is 18.1 Å². The Hall–Kier alpha value is -4.03. The van der Waals surface area contributed by atoms with Gasteiger partial charge in [0.2, 0.25) is 0 Å². The lowest BCUT2D eigenvalue weighted by Crippen LogP contribution is -2.51. The van der Waals surface area contributed by atoms with Gasteiger partial charge in [-0.1, -0.05) is 29.8 Å². The molecule has 1 spiro atoms. The maximum atomic E-state index is 17.0. The van der Waals surface area contributed by atoms with Crippen LogP contribution in [0.5, 0.6) is 6.01 Å². The van der Waals surface area contributed by atoms with Gasteiger partial charge in [-0.3, -0.25) is 10.00 Å². The number of halogens is 3. The first-order chi connectivity index (χ1) is 22.3. The number of hydrogen-bond donors (Lipinski definition) is 2. The number of fused-ring (bicyclic) bond motifs is 3. The highest BCUT2D eigenvalue weighted by Gasteiger charge is 2.49. The van der Waals surface area contributed by atoms with Crippen molar-refractivity contribution < 1.29 is 23.0 Å². The van der Waals surface area contributed by atoms with Crippen LogP contribution in [0, 0.1) is 5.82 Å². The van der Waals surface area contributed by atoms with E-state index in [1.54, 1.807) is 18.3 Å². The van der Waals surface area contributed by atoms with Crippen LogP contribution in [0.2, 0.25) is 5.02 Å². The minimum absolute atomic E-state index is 0.0245. The number of aromatic nitrogens is 4. The van der Waals surface area contributed by atoms with Crippen molar-refractivity contribution in [1.29, 1.82) is 0 Å². The van der Waals surface area contributed by atoms with E-state index in [4.69, 9.17) is 26.1 Å². The van der Waals surface area contributed by atoms with E-state index in [9.17, 15) is 9.18 Å². The molecule has 0 radical (unpaired) electrons. The van der Waals surface area contributed by atoms with Gasteiger partial charge in [-0.15, -0.1) is 0 Å². The summed E-state index contributed by atoms with van der Waals surface area (Å²) in [5.41, 5.74) is 1.22. The van der Waals surface area contributed by atoms with Gasteiger partial charge in [-0.2, -0.15) is 15.1 Å². The molecule has 2 N–H and O–H groups in total. The van der Waals surface area contributed by atoms with Crippen molar-refractivity contribution in [2.45, 2.75) is 56.3 Å². The molecule has 240 valence electrons. The van der Waals surface area contributed by atoms with Gasteiger partial charge in [0, 0.05) is 47.0 Å². The summed E-state index contributed by atoms with van der Waals surface area (Å²) < 4.78 is 43.6. The van der Waals surface area contributed by atoms with Crippen LogP contribution in [0.15, 0.2) is 30.5 Å². The zero-order valence-corrected chi connectivity index (χ0v) is 26.2. The standard InChI is InChI=1S/C33H34ClF2N7O3/c1-2-5-20-24(34)12-25-23(14-38-41-25)26(20)21-6-7-22-28(27(21)36)39-30(45-18-32-8-3-11-43(32)15-19(35)13-32)40-29(22)42-10-4-9-33(17-42)16-37-31(44)46-33/h2,5-7,12,14,19H,3-4,8-11,13,15-18H2,1H3,(H,37,44)(H,38,41)/b5-2-/t19-,32+,33?/m1/s1. The van der Waals surface area contributed by atoms with Gasteiger partial charge in [-0.05, 0) is 51.3 Å². The number of hydrogen-bond acceptors (Lipinski definition) is 8. The molecular weight excluding hydrogens is 616 g/mol. The van der Waals surface area contributed by atoms with Gasteiger partial charge in [0.15, 0.2) is 5.82 Å². The molecule has 10 nitrogen and oxygen atoms in total. The maximum Gasteiger partial charge on any atom is 0.407 e. The monoisotopic (exact) mass is 649 g/mol. The lowest BCUT2D eigenvalue weighted by molar-refractivity contribution is 0.0445. The maximum absolute atomic E-state index is 17.0. The molecule has 0 bridgehead atoms. The molecule has 8 rings (SSSR count). The highest BCUT2D eigenvalue weighted by atomic mass is 35.5. The van der Waals surface area contributed by atoms with Crippen LogP contribution in [0.1, 0.15) is 44.6 Å². The summed E-state index contributed by atoms with van der Waals surface area (Å²) in [4.78, 5) is 25.7. The van der Waals surface area contributed by atoms with Crippen molar-refractivity contribution in [2.24, 2.45) is 0 Å². The Bertz CT molecular complexity index is 1900. The summed E-state index contributed by atoms with van der Waals surface area (Å²) in [6.07, 6.45) is 7.66. The fourth-order valence-corrected chi connectivity index (χ4v) is 8.24. The van der Waals surface area contributed by atoms with E-state index in [0.29, 0.717) is 77.5 Å². The van der Waals surface area contributed by atoms with Crippen LogP contribution >= 0.6 is 11.6 Å². The molecule has 6 heterocycles. The third kappa shape index (κ3) is 4.76. The average Bonchev–Trinajstić information content (AvgIpc) is 3.81. The van der Waals surface area contributed by atoms with Gasteiger partial charge < -0.3 is 19.7 Å². The summed E-state index contributed by atoms with van der Waals surface area (Å²) in [5.74, 6) is -0.0520. The first-order valence-corrected chi connectivity index (χ1v) is 16.2. The Morgan fingerprint density at radius 3 is 2.91 bits per heavy atom. The Labute approximate surface area is 269 Å². The van der Waals surface area contributed by atoms with Crippen molar-refractivity contribution in [3.63, 3.8) is 0 Å². The zero-order chi connectivity index (χ0) is 31.6. The number of nitrogens with zero attached hydrogens (tertiary/aromatic N) is 5. The van der Waals surface area contributed by atoms with Crippen LogP contribution < -0.4 is 15.0 Å². The van der Waals surface area contributed by atoms with Crippen molar-refractivity contribution >= 4 is 51.4 Å². The molecule has 1 amide bonds. The topological polar surface area (TPSA) is 108 Å². The van der Waals surface area contributed by atoms with Gasteiger partial charge in [-0.25, -0.2) is 13.6 Å². The second-order valence-corrected chi connectivity index (χ2v) is 13.4. The van der Waals surface area contributed by atoms with Crippen molar-refractivity contribution in [3.05, 3.63) is 46.9 Å². The highest BCUT2D eigenvalue weighted by molar-refractivity contribution is 6.34. The second kappa shape index (κ2) is 11.0. The smallest absolute Gasteiger partial charge is 0.407 e. The number of carbonyl (C=O) groups is 1. The lowest BCUT2D eigenvalue weighted by atomic mass is 9.92. The number of ether oxygens (including phenoxy) is 2.